The summed E-state index contributed by atoms with van der Waals surface area (Å²) in [5.74, 6) is 0.924. The number of benzene rings is 1. The third-order valence-corrected chi connectivity index (χ3v) is 4.05. The van der Waals surface area contributed by atoms with Crippen molar-refractivity contribution in [3.05, 3.63) is 58.5 Å². The van der Waals surface area contributed by atoms with Crippen LogP contribution in [-0.4, -0.2) is 38.5 Å². The maximum atomic E-state index is 11.9. The van der Waals surface area contributed by atoms with Gasteiger partial charge in [-0.3, -0.25) is 9.79 Å². The van der Waals surface area contributed by atoms with E-state index in [0.29, 0.717) is 18.8 Å². The molecule has 0 saturated carbocycles. The highest BCUT2D eigenvalue weighted by Crippen LogP contribution is 2.10. The number of nitrogens with zero attached hydrogens (tertiary/aromatic N) is 1. The van der Waals surface area contributed by atoms with Crippen LogP contribution >= 0.6 is 11.6 Å². The fraction of sp³-hybridized carbons (Fsp3) is 0.368. The van der Waals surface area contributed by atoms with Gasteiger partial charge in [0, 0.05) is 37.3 Å². The van der Waals surface area contributed by atoms with E-state index in [0.717, 1.165) is 35.9 Å². The van der Waals surface area contributed by atoms with E-state index in [1.54, 1.807) is 13.1 Å². The molecule has 0 atom stereocenters. The average Bonchev–Trinajstić information content (AvgIpc) is 3.06. The minimum absolute atomic E-state index is 0.184. The molecule has 3 N–H and O–H groups in total. The first kappa shape index (κ1) is 19.8. The van der Waals surface area contributed by atoms with E-state index in [-0.39, 0.29) is 5.91 Å². The second kappa shape index (κ2) is 10.5. The number of guanidine groups is 1. The Labute approximate surface area is 159 Å². The summed E-state index contributed by atoms with van der Waals surface area (Å²) in [4.78, 5) is 16.1. The lowest BCUT2D eigenvalue weighted by molar-refractivity contribution is 0.0925. The summed E-state index contributed by atoms with van der Waals surface area (Å²) in [6.07, 6.45) is 3.16. The van der Waals surface area contributed by atoms with Crippen molar-refractivity contribution in [2.45, 2.75) is 19.8 Å². The van der Waals surface area contributed by atoms with Crippen molar-refractivity contribution in [2.24, 2.45) is 4.99 Å². The van der Waals surface area contributed by atoms with Gasteiger partial charge in [0.15, 0.2) is 11.7 Å². The lowest BCUT2D eigenvalue weighted by Gasteiger charge is -2.12. The van der Waals surface area contributed by atoms with Crippen LogP contribution in [0.4, 0.5) is 0 Å². The van der Waals surface area contributed by atoms with Crippen molar-refractivity contribution < 1.29 is 9.21 Å². The van der Waals surface area contributed by atoms with Crippen molar-refractivity contribution in [1.82, 2.24) is 16.0 Å². The summed E-state index contributed by atoms with van der Waals surface area (Å²) in [5, 5.41) is 10.1. The molecule has 140 valence electrons. The van der Waals surface area contributed by atoms with E-state index in [1.165, 1.54) is 11.8 Å². The molecule has 7 heteroatoms. The highest BCUT2D eigenvalue weighted by molar-refractivity contribution is 6.30. The number of carbonyl (C=O) groups excluding carboxylic acids is 1. The summed E-state index contributed by atoms with van der Waals surface area (Å²) in [6, 6.07) is 9.60. The second-order valence-electron chi connectivity index (χ2n) is 5.85. The molecular formula is C19H25ClN4O2. The molecule has 1 heterocycles. The molecule has 0 bridgehead atoms. The number of amides is 1. The molecule has 1 aromatic carbocycles. The van der Waals surface area contributed by atoms with E-state index < -0.39 is 0 Å². The quantitative estimate of drug-likeness (QED) is 0.376. The zero-order chi connectivity index (χ0) is 18.8. The Morgan fingerprint density at radius 2 is 1.92 bits per heavy atom. The minimum Gasteiger partial charge on any atom is -0.459 e. The van der Waals surface area contributed by atoms with E-state index in [4.69, 9.17) is 16.0 Å². The van der Waals surface area contributed by atoms with Gasteiger partial charge >= 0.3 is 0 Å². The largest absolute Gasteiger partial charge is 0.459 e. The Bertz CT molecular complexity index is 743. The van der Waals surface area contributed by atoms with E-state index in [1.807, 2.05) is 31.2 Å². The molecule has 0 radical (unpaired) electrons. The van der Waals surface area contributed by atoms with Gasteiger partial charge in [-0.05, 0) is 43.5 Å². The number of rotatable bonds is 8. The van der Waals surface area contributed by atoms with Crippen molar-refractivity contribution in [1.29, 1.82) is 0 Å². The first-order valence-electron chi connectivity index (χ1n) is 8.61. The third kappa shape index (κ3) is 6.44. The number of hydrogen-bond donors (Lipinski definition) is 3. The van der Waals surface area contributed by atoms with Gasteiger partial charge in [0.1, 0.15) is 0 Å². The van der Waals surface area contributed by atoms with Crippen LogP contribution in [0, 0.1) is 6.92 Å². The highest BCUT2D eigenvalue weighted by atomic mass is 35.5. The minimum atomic E-state index is -0.184. The summed E-state index contributed by atoms with van der Waals surface area (Å²) < 4.78 is 5.16. The predicted molar refractivity (Wildman–Crippen MR) is 105 cm³/mol. The summed E-state index contributed by atoms with van der Waals surface area (Å²) in [6.45, 7) is 3.87. The maximum absolute atomic E-state index is 11.9. The van der Waals surface area contributed by atoms with Gasteiger partial charge < -0.3 is 20.4 Å². The fourth-order valence-electron chi connectivity index (χ4n) is 2.42. The SMILES string of the molecule is CN=C(NCCCNC(=O)c1occc1C)NCCc1cccc(Cl)c1. The van der Waals surface area contributed by atoms with Crippen LogP contribution in [-0.2, 0) is 6.42 Å². The Morgan fingerprint density at radius 1 is 1.15 bits per heavy atom. The number of aryl methyl sites for hydroxylation is 1. The smallest absolute Gasteiger partial charge is 0.287 e. The van der Waals surface area contributed by atoms with Crippen LogP contribution < -0.4 is 16.0 Å². The number of halogens is 1. The van der Waals surface area contributed by atoms with Crippen LogP contribution in [0.2, 0.25) is 5.02 Å². The zero-order valence-electron chi connectivity index (χ0n) is 15.1. The third-order valence-electron chi connectivity index (χ3n) is 3.82. The van der Waals surface area contributed by atoms with Crippen LogP contribution in [0.15, 0.2) is 46.0 Å². The molecule has 2 rings (SSSR count). The fourth-order valence-corrected chi connectivity index (χ4v) is 2.63. The summed E-state index contributed by atoms with van der Waals surface area (Å²) >= 11 is 5.98. The average molecular weight is 377 g/mol. The predicted octanol–water partition coefficient (Wildman–Crippen LogP) is 2.77. The van der Waals surface area contributed by atoms with Crippen molar-refractivity contribution >= 4 is 23.5 Å². The monoisotopic (exact) mass is 376 g/mol. The summed E-state index contributed by atoms with van der Waals surface area (Å²) in [5.41, 5.74) is 2.02. The van der Waals surface area contributed by atoms with Crippen LogP contribution in [0.3, 0.4) is 0 Å². The Morgan fingerprint density at radius 3 is 2.62 bits per heavy atom. The zero-order valence-corrected chi connectivity index (χ0v) is 15.9. The van der Waals surface area contributed by atoms with Crippen LogP contribution in [0.1, 0.15) is 28.1 Å². The number of nitrogens with one attached hydrogen (secondary N) is 3. The van der Waals surface area contributed by atoms with Gasteiger partial charge in [0.25, 0.3) is 5.91 Å². The Kier molecular flexibility index (Phi) is 8.02. The molecule has 0 aliphatic heterocycles. The lowest BCUT2D eigenvalue weighted by atomic mass is 10.1. The Balaban J connectivity index is 1.60. The standard InChI is InChI=1S/C19H25ClN4O2/c1-14-8-12-26-17(14)18(25)22-9-4-10-23-19(21-2)24-11-7-15-5-3-6-16(20)13-15/h3,5-6,8,12-13H,4,7,9-11H2,1-2H3,(H,22,25)(H2,21,23,24). The number of aliphatic imine (C=N–C) groups is 1. The number of carbonyl (C=O) groups is 1. The normalized spacial score (nSPS) is 11.3. The number of hydrogen-bond acceptors (Lipinski definition) is 3. The molecule has 0 aliphatic rings. The molecule has 0 fully saturated rings. The molecule has 1 aromatic heterocycles. The van der Waals surface area contributed by atoms with Gasteiger partial charge in [0.05, 0.1) is 6.26 Å². The summed E-state index contributed by atoms with van der Waals surface area (Å²) in [7, 11) is 1.73. The Hall–Kier alpha value is -2.47. The number of furan rings is 1. The van der Waals surface area contributed by atoms with E-state index in [9.17, 15) is 4.79 Å². The van der Waals surface area contributed by atoms with Crippen LogP contribution in [0.5, 0.6) is 0 Å². The topological polar surface area (TPSA) is 78.7 Å². The first-order valence-corrected chi connectivity index (χ1v) is 8.99. The molecule has 6 nitrogen and oxygen atoms in total. The van der Waals surface area contributed by atoms with Gasteiger partial charge in [-0.1, -0.05) is 23.7 Å². The maximum Gasteiger partial charge on any atom is 0.287 e. The highest BCUT2D eigenvalue weighted by Gasteiger charge is 2.11. The van der Waals surface area contributed by atoms with E-state index in [2.05, 4.69) is 20.9 Å². The molecule has 0 unspecified atom stereocenters. The molecule has 26 heavy (non-hydrogen) atoms. The van der Waals surface area contributed by atoms with Crippen LogP contribution in [0.25, 0.3) is 0 Å². The van der Waals surface area contributed by atoms with Gasteiger partial charge in [0.2, 0.25) is 0 Å². The lowest BCUT2D eigenvalue weighted by Crippen LogP contribution is -2.39. The van der Waals surface area contributed by atoms with Crippen molar-refractivity contribution in [3.8, 4) is 0 Å². The molecule has 2 aromatic rings. The van der Waals surface area contributed by atoms with Crippen molar-refractivity contribution in [3.63, 3.8) is 0 Å². The molecule has 0 aliphatic carbocycles. The second-order valence-corrected chi connectivity index (χ2v) is 6.28. The van der Waals surface area contributed by atoms with Gasteiger partial charge in [-0.25, -0.2) is 0 Å². The first-order chi connectivity index (χ1) is 12.6. The van der Waals surface area contributed by atoms with Gasteiger partial charge in [-0.2, -0.15) is 0 Å². The van der Waals surface area contributed by atoms with E-state index >= 15 is 0 Å². The molecule has 0 spiro atoms. The molecule has 1 amide bonds. The van der Waals surface area contributed by atoms with Crippen molar-refractivity contribution in [2.75, 3.05) is 26.7 Å². The van der Waals surface area contributed by atoms with Gasteiger partial charge in [-0.15, -0.1) is 0 Å². The molecular weight excluding hydrogens is 352 g/mol. The molecule has 0 saturated heterocycles.